The Morgan fingerprint density at radius 3 is 2.44 bits per heavy atom. The molecule has 0 aromatic rings. The van der Waals surface area contributed by atoms with Crippen molar-refractivity contribution in [1.82, 2.24) is 10.6 Å². The fourth-order valence-electron chi connectivity index (χ4n) is 2.63. The Kier molecular flexibility index (Phi) is 5.93. The van der Waals surface area contributed by atoms with E-state index in [-0.39, 0.29) is 12.6 Å². The standard InChI is InChI=1S/C14H28N2O2/c1-4-9-14(3,10-17)16-13(18)15-12-7-5-11(2)6-8-12/h11-12,17H,4-10H2,1-3H3,(H2,15,16,18). The second-order valence-electron chi connectivity index (χ2n) is 6.02. The molecule has 1 saturated carbocycles. The highest BCUT2D eigenvalue weighted by Crippen LogP contribution is 2.23. The van der Waals surface area contributed by atoms with Crippen molar-refractivity contribution in [1.29, 1.82) is 0 Å². The lowest BCUT2D eigenvalue weighted by molar-refractivity contribution is 0.160. The Balaban J connectivity index is 2.36. The van der Waals surface area contributed by atoms with Crippen LogP contribution < -0.4 is 10.6 Å². The molecule has 2 amide bonds. The Labute approximate surface area is 111 Å². The van der Waals surface area contributed by atoms with Crippen LogP contribution in [0.25, 0.3) is 0 Å². The number of hydrogen-bond donors (Lipinski definition) is 3. The van der Waals surface area contributed by atoms with E-state index in [1.54, 1.807) is 0 Å². The van der Waals surface area contributed by atoms with E-state index in [0.29, 0.717) is 6.04 Å². The van der Waals surface area contributed by atoms with Crippen molar-refractivity contribution in [2.24, 2.45) is 5.92 Å². The summed E-state index contributed by atoms with van der Waals surface area (Å²) >= 11 is 0. The molecule has 0 spiro atoms. The van der Waals surface area contributed by atoms with E-state index in [9.17, 15) is 9.90 Å². The zero-order valence-corrected chi connectivity index (χ0v) is 12.0. The molecular formula is C14H28N2O2. The summed E-state index contributed by atoms with van der Waals surface area (Å²) in [6.07, 6.45) is 6.25. The molecule has 3 N–H and O–H groups in total. The third-order valence-corrected chi connectivity index (χ3v) is 3.92. The predicted octanol–water partition coefficient (Wildman–Crippen LogP) is 2.42. The number of rotatable bonds is 5. The van der Waals surface area contributed by atoms with Crippen LogP contribution in [0.5, 0.6) is 0 Å². The summed E-state index contributed by atoms with van der Waals surface area (Å²) in [5, 5.41) is 15.3. The van der Waals surface area contributed by atoms with Crippen LogP contribution in [0, 0.1) is 5.92 Å². The van der Waals surface area contributed by atoms with E-state index in [1.807, 2.05) is 6.92 Å². The van der Waals surface area contributed by atoms with Gasteiger partial charge in [0.25, 0.3) is 0 Å². The maximum absolute atomic E-state index is 11.9. The number of amides is 2. The fraction of sp³-hybridized carbons (Fsp3) is 0.929. The third-order valence-electron chi connectivity index (χ3n) is 3.92. The highest BCUT2D eigenvalue weighted by atomic mass is 16.3. The SMILES string of the molecule is CCCC(C)(CO)NC(=O)NC1CCC(C)CC1. The molecule has 4 nitrogen and oxygen atoms in total. The van der Waals surface area contributed by atoms with Gasteiger partial charge in [-0.15, -0.1) is 0 Å². The Hall–Kier alpha value is -0.770. The molecule has 18 heavy (non-hydrogen) atoms. The molecule has 1 aliphatic carbocycles. The smallest absolute Gasteiger partial charge is 0.315 e. The van der Waals surface area contributed by atoms with Gasteiger partial charge in [-0.05, 0) is 44.9 Å². The zero-order valence-electron chi connectivity index (χ0n) is 12.0. The van der Waals surface area contributed by atoms with Crippen molar-refractivity contribution in [3.05, 3.63) is 0 Å². The molecular weight excluding hydrogens is 228 g/mol. The predicted molar refractivity (Wildman–Crippen MR) is 73.5 cm³/mol. The first-order chi connectivity index (χ1) is 8.49. The van der Waals surface area contributed by atoms with Crippen molar-refractivity contribution in [2.45, 2.75) is 70.9 Å². The highest BCUT2D eigenvalue weighted by molar-refractivity contribution is 5.75. The Morgan fingerprint density at radius 1 is 1.33 bits per heavy atom. The van der Waals surface area contributed by atoms with Gasteiger partial charge in [-0.1, -0.05) is 20.3 Å². The van der Waals surface area contributed by atoms with Gasteiger partial charge in [0.2, 0.25) is 0 Å². The normalized spacial score (nSPS) is 27.3. The Bertz CT molecular complexity index is 263. The fourth-order valence-corrected chi connectivity index (χ4v) is 2.63. The van der Waals surface area contributed by atoms with Gasteiger partial charge < -0.3 is 15.7 Å². The zero-order chi connectivity index (χ0) is 13.6. The maximum atomic E-state index is 11.9. The summed E-state index contributed by atoms with van der Waals surface area (Å²) in [5.41, 5.74) is -0.499. The molecule has 0 bridgehead atoms. The van der Waals surface area contributed by atoms with Crippen LogP contribution in [-0.4, -0.2) is 29.3 Å². The molecule has 0 aromatic carbocycles. The maximum Gasteiger partial charge on any atom is 0.315 e. The van der Waals surface area contributed by atoms with Crippen molar-refractivity contribution < 1.29 is 9.90 Å². The number of hydrogen-bond acceptors (Lipinski definition) is 2. The van der Waals surface area contributed by atoms with Gasteiger partial charge in [-0.2, -0.15) is 0 Å². The van der Waals surface area contributed by atoms with Gasteiger partial charge in [0.05, 0.1) is 12.1 Å². The molecule has 1 rings (SSSR count). The summed E-state index contributed by atoms with van der Waals surface area (Å²) in [6, 6.07) is 0.158. The van der Waals surface area contributed by atoms with Gasteiger partial charge in [-0.3, -0.25) is 0 Å². The minimum absolute atomic E-state index is 0.0179. The van der Waals surface area contributed by atoms with E-state index in [2.05, 4.69) is 24.5 Å². The third kappa shape index (κ3) is 4.84. The number of carbonyl (C=O) groups excluding carboxylic acids is 1. The van der Waals surface area contributed by atoms with Crippen molar-refractivity contribution >= 4 is 6.03 Å². The summed E-state index contributed by atoms with van der Waals surface area (Å²) in [6.45, 7) is 6.19. The van der Waals surface area contributed by atoms with E-state index in [1.165, 1.54) is 12.8 Å². The lowest BCUT2D eigenvalue weighted by Crippen LogP contribution is -2.54. The summed E-state index contributed by atoms with van der Waals surface area (Å²) in [4.78, 5) is 11.9. The van der Waals surface area contributed by atoms with E-state index >= 15 is 0 Å². The molecule has 0 saturated heterocycles. The molecule has 1 aliphatic rings. The largest absolute Gasteiger partial charge is 0.394 e. The highest BCUT2D eigenvalue weighted by Gasteiger charge is 2.26. The molecule has 1 atom stereocenters. The molecule has 106 valence electrons. The quantitative estimate of drug-likeness (QED) is 0.707. The van der Waals surface area contributed by atoms with Crippen LogP contribution in [-0.2, 0) is 0 Å². The first-order valence-electron chi connectivity index (χ1n) is 7.18. The van der Waals surface area contributed by atoms with E-state index < -0.39 is 5.54 Å². The Morgan fingerprint density at radius 2 is 1.94 bits per heavy atom. The number of aliphatic hydroxyl groups excluding tert-OH is 1. The molecule has 4 heteroatoms. The first kappa shape index (κ1) is 15.3. The van der Waals surface area contributed by atoms with Gasteiger partial charge in [-0.25, -0.2) is 4.79 Å². The van der Waals surface area contributed by atoms with Crippen molar-refractivity contribution in [2.75, 3.05) is 6.61 Å². The number of nitrogens with one attached hydrogen (secondary N) is 2. The summed E-state index contributed by atoms with van der Waals surface area (Å²) < 4.78 is 0. The first-order valence-corrected chi connectivity index (χ1v) is 7.18. The monoisotopic (exact) mass is 256 g/mol. The lowest BCUT2D eigenvalue weighted by Gasteiger charge is -2.31. The van der Waals surface area contributed by atoms with Crippen LogP contribution in [0.4, 0.5) is 4.79 Å². The number of carbonyl (C=O) groups is 1. The van der Waals surface area contributed by atoms with Gasteiger partial charge in [0.1, 0.15) is 0 Å². The molecule has 0 aromatic heterocycles. The van der Waals surface area contributed by atoms with Crippen molar-refractivity contribution in [3.63, 3.8) is 0 Å². The van der Waals surface area contributed by atoms with Crippen molar-refractivity contribution in [3.8, 4) is 0 Å². The lowest BCUT2D eigenvalue weighted by atomic mass is 9.87. The van der Waals surface area contributed by atoms with Gasteiger partial charge in [0.15, 0.2) is 0 Å². The van der Waals surface area contributed by atoms with Crippen LogP contribution in [0.3, 0.4) is 0 Å². The molecule has 0 heterocycles. The van der Waals surface area contributed by atoms with Crippen LogP contribution in [0.1, 0.15) is 59.3 Å². The summed E-state index contributed by atoms with van der Waals surface area (Å²) in [7, 11) is 0. The topological polar surface area (TPSA) is 61.4 Å². The number of aliphatic hydroxyl groups is 1. The average Bonchev–Trinajstić information content (AvgIpc) is 2.32. The second-order valence-corrected chi connectivity index (χ2v) is 6.02. The minimum Gasteiger partial charge on any atom is -0.394 e. The molecule has 1 unspecified atom stereocenters. The van der Waals surface area contributed by atoms with E-state index in [4.69, 9.17) is 0 Å². The van der Waals surface area contributed by atoms with Gasteiger partial charge >= 0.3 is 6.03 Å². The average molecular weight is 256 g/mol. The minimum atomic E-state index is -0.499. The van der Waals surface area contributed by atoms with Crippen LogP contribution >= 0.6 is 0 Å². The van der Waals surface area contributed by atoms with Crippen LogP contribution in [0.2, 0.25) is 0 Å². The molecule has 0 aliphatic heterocycles. The van der Waals surface area contributed by atoms with Crippen LogP contribution in [0.15, 0.2) is 0 Å². The second kappa shape index (κ2) is 6.98. The molecule has 1 fully saturated rings. The molecule has 0 radical (unpaired) electrons. The van der Waals surface area contributed by atoms with E-state index in [0.717, 1.165) is 31.6 Å². The summed E-state index contributed by atoms with van der Waals surface area (Å²) in [5.74, 6) is 0.786. The van der Waals surface area contributed by atoms with Gasteiger partial charge in [0, 0.05) is 6.04 Å². The number of urea groups is 1.